The van der Waals surface area contributed by atoms with E-state index in [1.807, 2.05) is 26.8 Å². The molecule has 0 amide bonds. The molecule has 1 atom stereocenters. The summed E-state index contributed by atoms with van der Waals surface area (Å²) in [6.07, 6.45) is 1.80. The van der Waals surface area contributed by atoms with Crippen molar-refractivity contribution in [2.45, 2.75) is 45.7 Å². The highest BCUT2D eigenvalue weighted by Gasteiger charge is 2.48. The van der Waals surface area contributed by atoms with Gasteiger partial charge in [-0.25, -0.2) is 0 Å². The highest BCUT2D eigenvalue weighted by Crippen LogP contribution is 2.31. The molecule has 0 fully saturated rings. The average molecular weight is 355 g/mol. The Morgan fingerprint density at radius 1 is 0.958 bits per heavy atom. The van der Waals surface area contributed by atoms with Crippen molar-refractivity contribution in [2.75, 3.05) is 32.9 Å². The van der Waals surface area contributed by atoms with E-state index in [9.17, 15) is 0 Å². The van der Waals surface area contributed by atoms with Crippen LogP contribution in [0.25, 0.3) is 0 Å². The first-order valence-corrected chi connectivity index (χ1v) is 10.9. The Balaban J connectivity index is 2.63. The predicted octanol–water partition coefficient (Wildman–Crippen LogP) is 2.93. The summed E-state index contributed by atoms with van der Waals surface area (Å²) in [6.45, 7) is 10.2. The quantitative estimate of drug-likeness (QED) is 0.397. The summed E-state index contributed by atoms with van der Waals surface area (Å²) in [4.78, 5) is 0. The molecule has 24 heavy (non-hydrogen) atoms. The third-order valence-electron chi connectivity index (χ3n) is 3.89. The molecule has 138 valence electrons. The standard InChI is InChI=1S/C18H34N2O3Si/c1-4-21-24(22-5-2,23-6-3)18(12-14-19)13-15-20-16-17-10-8-7-9-11-17/h7-11,18,20H,4-6,12-16,19H2,1-3H3. The first-order valence-electron chi connectivity index (χ1n) is 9.08. The molecule has 0 saturated carbocycles. The minimum Gasteiger partial charge on any atom is -0.374 e. The molecule has 0 aromatic heterocycles. The molecule has 3 N–H and O–H groups in total. The molecule has 1 aromatic carbocycles. The Morgan fingerprint density at radius 3 is 2.04 bits per heavy atom. The normalized spacial score (nSPS) is 13.2. The van der Waals surface area contributed by atoms with Crippen molar-refractivity contribution < 1.29 is 13.3 Å². The molecule has 1 rings (SSSR count). The van der Waals surface area contributed by atoms with Crippen molar-refractivity contribution in [2.24, 2.45) is 5.73 Å². The zero-order valence-electron chi connectivity index (χ0n) is 15.4. The monoisotopic (exact) mass is 354 g/mol. The number of nitrogens with two attached hydrogens (primary N) is 1. The Hall–Kier alpha value is -0.763. The molecule has 0 aliphatic carbocycles. The molecule has 1 aromatic rings. The lowest BCUT2D eigenvalue weighted by molar-refractivity contribution is 0.0588. The van der Waals surface area contributed by atoms with Gasteiger partial charge in [0.15, 0.2) is 0 Å². The molecule has 1 unspecified atom stereocenters. The van der Waals surface area contributed by atoms with Gasteiger partial charge in [0.05, 0.1) is 0 Å². The number of benzene rings is 1. The van der Waals surface area contributed by atoms with Gasteiger partial charge >= 0.3 is 8.80 Å². The van der Waals surface area contributed by atoms with Gasteiger partial charge in [-0.15, -0.1) is 0 Å². The van der Waals surface area contributed by atoms with E-state index in [-0.39, 0.29) is 5.54 Å². The number of rotatable bonds is 14. The summed E-state index contributed by atoms with van der Waals surface area (Å²) >= 11 is 0. The Kier molecular flexibility index (Phi) is 11.2. The van der Waals surface area contributed by atoms with Gasteiger partial charge in [0, 0.05) is 31.9 Å². The van der Waals surface area contributed by atoms with Crippen LogP contribution in [0.5, 0.6) is 0 Å². The second-order valence-corrected chi connectivity index (χ2v) is 8.52. The third-order valence-corrected chi connectivity index (χ3v) is 7.54. The molecule has 0 bridgehead atoms. The van der Waals surface area contributed by atoms with Crippen LogP contribution in [0.15, 0.2) is 30.3 Å². The highest BCUT2D eigenvalue weighted by molar-refractivity contribution is 6.62. The van der Waals surface area contributed by atoms with E-state index in [4.69, 9.17) is 19.0 Å². The number of nitrogens with one attached hydrogen (secondary N) is 1. The summed E-state index contributed by atoms with van der Waals surface area (Å²) in [7, 11) is -2.70. The summed E-state index contributed by atoms with van der Waals surface area (Å²) < 4.78 is 18.2. The van der Waals surface area contributed by atoms with Crippen molar-refractivity contribution in [1.82, 2.24) is 5.32 Å². The van der Waals surface area contributed by atoms with Gasteiger partial charge in [0.2, 0.25) is 0 Å². The highest BCUT2D eigenvalue weighted by atomic mass is 28.4. The molecule has 5 nitrogen and oxygen atoms in total. The molecule has 0 saturated heterocycles. The first kappa shape index (κ1) is 21.3. The maximum Gasteiger partial charge on any atom is 0.504 e. The van der Waals surface area contributed by atoms with Gasteiger partial charge in [-0.3, -0.25) is 0 Å². The van der Waals surface area contributed by atoms with E-state index in [1.165, 1.54) is 5.56 Å². The number of hydrogen-bond acceptors (Lipinski definition) is 5. The van der Waals surface area contributed by atoms with Crippen molar-refractivity contribution in [3.8, 4) is 0 Å². The minimum absolute atomic E-state index is 0.227. The zero-order chi connectivity index (χ0) is 17.7. The molecule has 6 heteroatoms. The Bertz CT molecular complexity index is 403. The molecule has 0 spiro atoms. The lowest BCUT2D eigenvalue weighted by atomic mass is 10.2. The smallest absolute Gasteiger partial charge is 0.374 e. The fourth-order valence-electron chi connectivity index (χ4n) is 2.89. The van der Waals surface area contributed by atoms with Crippen LogP contribution in [0.3, 0.4) is 0 Å². The van der Waals surface area contributed by atoms with E-state index in [2.05, 4.69) is 29.6 Å². The van der Waals surface area contributed by atoms with Gasteiger partial charge in [0.1, 0.15) is 0 Å². The minimum atomic E-state index is -2.70. The molecular formula is C18H34N2O3Si. The molecule has 0 aliphatic rings. The second-order valence-electron chi connectivity index (χ2n) is 5.63. The third kappa shape index (κ3) is 7.00. The van der Waals surface area contributed by atoms with Gasteiger partial charge in [-0.1, -0.05) is 30.3 Å². The van der Waals surface area contributed by atoms with E-state index in [0.717, 1.165) is 25.9 Å². The van der Waals surface area contributed by atoms with Crippen LogP contribution in [0.4, 0.5) is 0 Å². The second kappa shape index (κ2) is 12.6. The van der Waals surface area contributed by atoms with Crippen LogP contribution in [-0.2, 0) is 19.8 Å². The fraction of sp³-hybridized carbons (Fsp3) is 0.667. The summed E-state index contributed by atoms with van der Waals surface area (Å²) in [5.41, 5.74) is 7.36. The molecule has 0 aliphatic heterocycles. The largest absolute Gasteiger partial charge is 0.504 e. The topological polar surface area (TPSA) is 65.7 Å². The molecular weight excluding hydrogens is 320 g/mol. The Labute approximate surface area is 148 Å². The van der Waals surface area contributed by atoms with Crippen molar-refractivity contribution >= 4 is 8.80 Å². The number of hydrogen-bond donors (Lipinski definition) is 2. The van der Waals surface area contributed by atoms with E-state index in [0.29, 0.717) is 26.4 Å². The van der Waals surface area contributed by atoms with Crippen LogP contribution in [0.1, 0.15) is 39.2 Å². The van der Waals surface area contributed by atoms with E-state index in [1.54, 1.807) is 0 Å². The average Bonchev–Trinajstić information content (AvgIpc) is 2.59. The summed E-state index contributed by atoms with van der Waals surface area (Å²) in [6, 6.07) is 10.4. The van der Waals surface area contributed by atoms with Crippen LogP contribution in [0, 0.1) is 0 Å². The van der Waals surface area contributed by atoms with Gasteiger partial charge < -0.3 is 24.3 Å². The van der Waals surface area contributed by atoms with E-state index >= 15 is 0 Å². The van der Waals surface area contributed by atoms with E-state index < -0.39 is 8.80 Å². The predicted molar refractivity (Wildman–Crippen MR) is 101 cm³/mol. The van der Waals surface area contributed by atoms with Crippen LogP contribution in [0.2, 0.25) is 5.54 Å². The van der Waals surface area contributed by atoms with Crippen LogP contribution < -0.4 is 11.1 Å². The fourth-order valence-corrected chi connectivity index (χ4v) is 6.07. The van der Waals surface area contributed by atoms with Gasteiger partial charge in [-0.05, 0) is 52.3 Å². The van der Waals surface area contributed by atoms with Crippen molar-refractivity contribution in [3.05, 3.63) is 35.9 Å². The lowest BCUT2D eigenvalue weighted by Gasteiger charge is -2.35. The molecule has 0 heterocycles. The SMILES string of the molecule is CCO[Si](OCC)(OCC)C(CCN)CCNCc1ccccc1. The van der Waals surface area contributed by atoms with Crippen LogP contribution in [-0.4, -0.2) is 41.7 Å². The van der Waals surface area contributed by atoms with Crippen LogP contribution >= 0.6 is 0 Å². The Morgan fingerprint density at radius 2 is 1.54 bits per heavy atom. The maximum absolute atomic E-state index is 6.05. The maximum atomic E-state index is 6.05. The van der Waals surface area contributed by atoms with Gasteiger partial charge in [0.25, 0.3) is 0 Å². The summed E-state index contributed by atoms with van der Waals surface area (Å²) in [5.74, 6) is 0. The van der Waals surface area contributed by atoms with Crippen molar-refractivity contribution in [3.63, 3.8) is 0 Å². The summed E-state index contributed by atoms with van der Waals surface area (Å²) in [5, 5.41) is 3.50. The van der Waals surface area contributed by atoms with Gasteiger partial charge in [-0.2, -0.15) is 0 Å². The van der Waals surface area contributed by atoms with Crippen molar-refractivity contribution in [1.29, 1.82) is 0 Å². The first-order chi connectivity index (χ1) is 11.7. The molecule has 0 radical (unpaired) electrons. The zero-order valence-corrected chi connectivity index (χ0v) is 16.4. The lowest BCUT2D eigenvalue weighted by Crippen LogP contribution is -2.51.